The van der Waals surface area contributed by atoms with Gasteiger partial charge in [0.1, 0.15) is 0 Å². The molecule has 3 rings (SSSR count). The van der Waals surface area contributed by atoms with E-state index in [9.17, 15) is 4.79 Å². The van der Waals surface area contributed by atoms with E-state index in [0.29, 0.717) is 6.42 Å². The highest BCUT2D eigenvalue weighted by Gasteiger charge is 2.20. The zero-order valence-electron chi connectivity index (χ0n) is 10.7. The normalized spacial score (nSPS) is 14.0. The largest absolute Gasteiger partial charge is 0.294 e. The van der Waals surface area contributed by atoms with E-state index >= 15 is 0 Å². The zero-order valence-corrected chi connectivity index (χ0v) is 10.7. The fourth-order valence-corrected chi connectivity index (χ4v) is 2.66. The van der Waals surface area contributed by atoms with E-state index in [2.05, 4.69) is 24.3 Å². The van der Waals surface area contributed by atoms with Gasteiger partial charge in [0.2, 0.25) is 0 Å². The van der Waals surface area contributed by atoms with Gasteiger partial charge in [-0.1, -0.05) is 25.1 Å². The van der Waals surface area contributed by atoms with Gasteiger partial charge >= 0.3 is 0 Å². The number of aryl methyl sites for hydroxylation is 3. The Labute approximate surface area is 106 Å². The van der Waals surface area contributed by atoms with E-state index in [1.165, 1.54) is 16.7 Å². The molecule has 3 nitrogen and oxygen atoms in total. The fraction of sp³-hybridized carbons (Fsp3) is 0.333. The Morgan fingerprint density at radius 2 is 2.11 bits per heavy atom. The lowest BCUT2D eigenvalue weighted by Gasteiger charge is -2.03. The lowest BCUT2D eigenvalue weighted by Crippen LogP contribution is -1.91. The summed E-state index contributed by atoms with van der Waals surface area (Å²) in [5.41, 5.74) is 5.56. The summed E-state index contributed by atoms with van der Waals surface area (Å²) in [4.78, 5) is 11.6. The van der Waals surface area contributed by atoms with Crippen molar-refractivity contribution in [3.63, 3.8) is 0 Å². The molecular weight excluding hydrogens is 224 g/mol. The summed E-state index contributed by atoms with van der Waals surface area (Å²) >= 11 is 0. The number of Topliss-reactive ketones (excluding diaryl/α,β-unsaturated/α-hetero) is 1. The second-order valence-electron chi connectivity index (χ2n) is 4.81. The number of ketones is 1. The Bertz CT molecular complexity index is 625. The van der Waals surface area contributed by atoms with Crippen LogP contribution in [0.1, 0.15) is 35.0 Å². The molecule has 0 atom stereocenters. The number of hydrogen-bond acceptors (Lipinski definition) is 2. The quantitative estimate of drug-likeness (QED) is 0.809. The Balaban J connectivity index is 2.10. The number of nitrogens with zero attached hydrogens (tertiary/aromatic N) is 2. The number of aromatic nitrogens is 2. The van der Waals surface area contributed by atoms with Crippen molar-refractivity contribution in [2.45, 2.75) is 26.2 Å². The average Bonchev–Trinajstić information content (AvgIpc) is 2.93. The maximum Gasteiger partial charge on any atom is 0.163 e. The summed E-state index contributed by atoms with van der Waals surface area (Å²) in [6.45, 7) is 2.11. The first kappa shape index (κ1) is 11.2. The molecule has 0 amide bonds. The van der Waals surface area contributed by atoms with E-state index in [0.717, 1.165) is 24.1 Å². The van der Waals surface area contributed by atoms with Crippen LogP contribution in [-0.2, 0) is 19.9 Å². The molecule has 3 heteroatoms. The Morgan fingerprint density at radius 3 is 2.89 bits per heavy atom. The maximum atomic E-state index is 11.6. The van der Waals surface area contributed by atoms with Crippen LogP contribution in [0.4, 0.5) is 0 Å². The summed E-state index contributed by atoms with van der Waals surface area (Å²) in [5.74, 6) is 0.276. The molecule has 1 aliphatic carbocycles. The first-order valence-corrected chi connectivity index (χ1v) is 6.38. The third-order valence-electron chi connectivity index (χ3n) is 3.58. The third-order valence-corrected chi connectivity index (χ3v) is 3.58. The van der Waals surface area contributed by atoms with Crippen LogP contribution in [0.15, 0.2) is 24.4 Å². The molecule has 0 unspecified atom stereocenters. The summed E-state index contributed by atoms with van der Waals surface area (Å²) in [5, 5.41) is 4.46. The third kappa shape index (κ3) is 1.67. The van der Waals surface area contributed by atoms with Gasteiger partial charge in [-0.05, 0) is 24.0 Å². The standard InChI is InChI=1S/C15H16N2O/c1-3-14-13(9-17(2)16-14)11-4-6-12-10(8-11)5-7-15(12)18/h4,6,8-9H,3,5,7H2,1-2H3. The fourth-order valence-electron chi connectivity index (χ4n) is 2.66. The zero-order chi connectivity index (χ0) is 12.7. The molecule has 2 aromatic rings. The molecule has 1 aliphatic rings. The highest BCUT2D eigenvalue weighted by atomic mass is 16.1. The van der Waals surface area contributed by atoms with Crippen molar-refractivity contribution in [2.24, 2.45) is 7.05 Å². The first-order valence-electron chi connectivity index (χ1n) is 6.38. The molecule has 0 saturated carbocycles. The minimum atomic E-state index is 0.276. The number of carbonyl (C=O) groups is 1. The smallest absolute Gasteiger partial charge is 0.163 e. The Morgan fingerprint density at radius 1 is 1.28 bits per heavy atom. The topological polar surface area (TPSA) is 34.9 Å². The van der Waals surface area contributed by atoms with Crippen LogP contribution in [0.3, 0.4) is 0 Å². The highest BCUT2D eigenvalue weighted by molar-refractivity contribution is 6.00. The predicted octanol–water partition coefficient (Wildman–Crippen LogP) is 2.78. The first-order chi connectivity index (χ1) is 8.69. The van der Waals surface area contributed by atoms with Crippen molar-refractivity contribution in [3.05, 3.63) is 41.2 Å². The molecule has 0 fully saturated rings. The van der Waals surface area contributed by atoms with Gasteiger partial charge in [0, 0.05) is 30.8 Å². The van der Waals surface area contributed by atoms with Crippen molar-refractivity contribution in [1.29, 1.82) is 0 Å². The van der Waals surface area contributed by atoms with Crippen molar-refractivity contribution in [3.8, 4) is 11.1 Å². The van der Waals surface area contributed by atoms with E-state index in [1.54, 1.807) is 0 Å². The van der Waals surface area contributed by atoms with E-state index in [1.807, 2.05) is 23.9 Å². The minimum Gasteiger partial charge on any atom is -0.294 e. The molecule has 0 radical (unpaired) electrons. The number of benzene rings is 1. The average molecular weight is 240 g/mol. The molecule has 1 aromatic heterocycles. The van der Waals surface area contributed by atoms with Gasteiger partial charge in [0.25, 0.3) is 0 Å². The second kappa shape index (κ2) is 4.09. The summed E-state index contributed by atoms with van der Waals surface area (Å²) in [6.07, 6.45) is 4.51. The summed E-state index contributed by atoms with van der Waals surface area (Å²) in [7, 11) is 1.94. The minimum absolute atomic E-state index is 0.276. The van der Waals surface area contributed by atoms with Crippen LogP contribution in [0.25, 0.3) is 11.1 Å². The summed E-state index contributed by atoms with van der Waals surface area (Å²) in [6, 6.07) is 6.15. The van der Waals surface area contributed by atoms with Crippen LogP contribution in [0, 0.1) is 0 Å². The van der Waals surface area contributed by atoms with Gasteiger partial charge in [-0.3, -0.25) is 9.48 Å². The van der Waals surface area contributed by atoms with Crippen molar-refractivity contribution in [1.82, 2.24) is 9.78 Å². The number of carbonyl (C=O) groups excluding carboxylic acids is 1. The molecule has 92 valence electrons. The monoisotopic (exact) mass is 240 g/mol. The van der Waals surface area contributed by atoms with Crippen molar-refractivity contribution < 1.29 is 4.79 Å². The van der Waals surface area contributed by atoms with Crippen molar-refractivity contribution >= 4 is 5.78 Å². The van der Waals surface area contributed by atoms with Gasteiger partial charge < -0.3 is 0 Å². The van der Waals surface area contributed by atoms with E-state index in [4.69, 9.17) is 0 Å². The van der Waals surface area contributed by atoms with Crippen LogP contribution in [-0.4, -0.2) is 15.6 Å². The number of rotatable bonds is 2. The van der Waals surface area contributed by atoms with Crippen molar-refractivity contribution in [2.75, 3.05) is 0 Å². The maximum absolute atomic E-state index is 11.6. The van der Waals surface area contributed by atoms with Gasteiger partial charge in [-0.15, -0.1) is 0 Å². The lowest BCUT2D eigenvalue weighted by molar-refractivity contribution is 0.0994. The Kier molecular flexibility index (Phi) is 2.54. The van der Waals surface area contributed by atoms with Crippen LogP contribution in [0.2, 0.25) is 0 Å². The van der Waals surface area contributed by atoms with Crippen LogP contribution < -0.4 is 0 Å². The van der Waals surface area contributed by atoms with Gasteiger partial charge in [-0.25, -0.2) is 0 Å². The molecule has 0 saturated heterocycles. The number of fused-ring (bicyclic) bond motifs is 1. The van der Waals surface area contributed by atoms with Gasteiger partial charge in [-0.2, -0.15) is 5.10 Å². The highest BCUT2D eigenvalue weighted by Crippen LogP contribution is 2.29. The predicted molar refractivity (Wildman–Crippen MR) is 70.7 cm³/mol. The Hall–Kier alpha value is -1.90. The van der Waals surface area contributed by atoms with Gasteiger partial charge in [0.15, 0.2) is 5.78 Å². The number of hydrogen-bond donors (Lipinski definition) is 0. The molecule has 0 N–H and O–H groups in total. The molecule has 1 heterocycles. The molecular formula is C15H16N2O. The molecule has 0 spiro atoms. The summed E-state index contributed by atoms with van der Waals surface area (Å²) < 4.78 is 1.85. The lowest BCUT2D eigenvalue weighted by atomic mass is 10.0. The van der Waals surface area contributed by atoms with E-state index < -0.39 is 0 Å². The van der Waals surface area contributed by atoms with Crippen LogP contribution in [0.5, 0.6) is 0 Å². The second-order valence-corrected chi connectivity index (χ2v) is 4.81. The molecule has 0 bridgehead atoms. The molecule has 1 aromatic carbocycles. The molecule has 0 aliphatic heterocycles. The van der Waals surface area contributed by atoms with Gasteiger partial charge in [0.05, 0.1) is 5.69 Å². The SMILES string of the molecule is CCc1nn(C)cc1-c1ccc2c(c1)CCC2=O. The van der Waals surface area contributed by atoms with Crippen LogP contribution >= 0.6 is 0 Å². The molecule has 18 heavy (non-hydrogen) atoms. The van der Waals surface area contributed by atoms with E-state index in [-0.39, 0.29) is 5.78 Å².